The van der Waals surface area contributed by atoms with Crippen molar-refractivity contribution >= 4 is 48.2 Å². The number of hydrogen-bond donors (Lipinski definition) is 4. The molecule has 0 spiro atoms. The lowest BCUT2D eigenvalue weighted by Crippen LogP contribution is -2.22. The first-order valence-electron chi connectivity index (χ1n) is 8.00. The van der Waals surface area contributed by atoms with Gasteiger partial charge in [0.15, 0.2) is 0 Å². The Morgan fingerprint density at radius 2 is 0.897 bits per heavy atom. The van der Waals surface area contributed by atoms with Crippen LogP contribution >= 0.6 is 24.8 Å². The van der Waals surface area contributed by atoms with E-state index in [2.05, 4.69) is 20.4 Å². The van der Waals surface area contributed by atoms with Crippen LogP contribution in [0.25, 0.3) is 0 Å². The van der Waals surface area contributed by atoms with Crippen LogP contribution in [0.5, 0.6) is 11.5 Å². The van der Waals surface area contributed by atoms with Gasteiger partial charge in [0.05, 0.1) is 11.4 Å². The van der Waals surface area contributed by atoms with Gasteiger partial charge in [0.25, 0.3) is 0 Å². The number of halogens is 2. The summed E-state index contributed by atoms with van der Waals surface area (Å²) in [4.78, 5) is 0. The van der Waals surface area contributed by atoms with Crippen molar-refractivity contribution < 1.29 is 4.74 Å². The smallest absolute Gasteiger partial charge is 0.211 e. The third-order valence-corrected chi connectivity index (χ3v) is 3.41. The van der Waals surface area contributed by atoms with Crippen molar-refractivity contribution in [2.24, 2.45) is 43.3 Å². The first-order chi connectivity index (χ1) is 12.8. The number of benzene rings is 2. The van der Waals surface area contributed by atoms with E-state index in [0.717, 1.165) is 11.1 Å². The summed E-state index contributed by atoms with van der Waals surface area (Å²) in [5, 5.41) is 15.1. The maximum Gasteiger partial charge on any atom is 0.211 e. The second-order valence-electron chi connectivity index (χ2n) is 5.57. The van der Waals surface area contributed by atoms with E-state index in [1.165, 1.54) is 0 Å². The number of ether oxygens (including phenoxy) is 1. The molecule has 0 aliphatic heterocycles. The first-order valence-corrected chi connectivity index (χ1v) is 8.00. The van der Waals surface area contributed by atoms with E-state index in [-0.39, 0.29) is 36.7 Å². The van der Waals surface area contributed by atoms with Crippen LogP contribution in [0.1, 0.15) is 25.0 Å². The zero-order valence-corrected chi connectivity index (χ0v) is 17.6. The monoisotopic (exact) mass is 438 g/mol. The third-order valence-electron chi connectivity index (χ3n) is 3.41. The molecule has 11 heteroatoms. The Bertz CT molecular complexity index is 823. The molecule has 0 aromatic heterocycles. The maximum absolute atomic E-state index is 5.83. The van der Waals surface area contributed by atoms with Crippen molar-refractivity contribution in [3.05, 3.63) is 59.7 Å². The predicted molar refractivity (Wildman–Crippen MR) is 123 cm³/mol. The highest BCUT2D eigenvalue weighted by molar-refractivity contribution is 5.99. The SMILES string of the molecule is C/C(=N\N=C(N)N)c1ccc(Oc2ccc(/C(C)=N/N=C(N)N)cc2)cc1.Cl.Cl. The Hall–Kier alpha value is -3.30. The van der Waals surface area contributed by atoms with Gasteiger partial charge in [-0.25, -0.2) is 0 Å². The van der Waals surface area contributed by atoms with Crippen LogP contribution in [0.4, 0.5) is 0 Å². The van der Waals surface area contributed by atoms with Gasteiger partial charge < -0.3 is 27.7 Å². The minimum absolute atomic E-state index is 0. The molecule has 0 atom stereocenters. The number of guanidine groups is 2. The standard InChI is InChI=1S/C18H22N8O.2ClH/c1-11(23-25-17(19)20)13-3-7-15(8-4-13)27-16-9-5-14(6-10-16)12(2)24-26-18(21)22;;/h3-10H,1-2H3,(H4,19,20,25)(H4,21,22,26);2*1H/b23-11+,24-12+;;. The molecule has 2 aromatic rings. The van der Waals surface area contributed by atoms with E-state index in [9.17, 15) is 0 Å². The van der Waals surface area contributed by atoms with Gasteiger partial charge in [-0.3, -0.25) is 0 Å². The normalized spacial score (nSPS) is 10.8. The molecule has 8 N–H and O–H groups in total. The van der Waals surface area contributed by atoms with Gasteiger partial charge in [0.2, 0.25) is 11.9 Å². The van der Waals surface area contributed by atoms with Gasteiger partial charge in [0, 0.05) is 0 Å². The fraction of sp³-hybridized carbons (Fsp3) is 0.111. The molecule has 0 aliphatic carbocycles. The van der Waals surface area contributed by atoms with E-state index in [4.69, 9.17) is 27.7 Å². The van der Waals surface area contributed by atoms with Crippen molar-refractivity contribution in [2.45, 2.75) is 13.8 Å². The Balaban J connectivity index is 0.00000392. The minimum Gasteiger partial charge on any atom is -0.457 e. The van der Waals surface area contributed by atoms with E-state index < -0.39 is 0 Å². The van der Waals surface area contributed by atoms with Gasteiger partial charge in [-0.1, -0.05) is 0 Å². The van der Waals surface area contributed by atoms with Gasteiger partial charge >= 0.3 is 0 Å². The average molecular weight is 439 g/mol. The quantitative estimate of drug-likeness (QED) is 0.308. The molecule has 2 aromatic carbocycles. The van der Waals surface area contributed by atoms with Crippen LogP contribution in [0.15, 0.2) is 68.9 Å². The molecule has 0 amide bonds. The predicted octanol–water partition coefficient (Wildman–Crippen LogP) is 2.32. The second kappa shape index (κ2) is 12.2. The Labute approximate surface area is 181 Å². The van der Waals surface area contributed by atoms with E-state index >= 15 is 0 Å². The summed E-state index contributed by atoms with van der Waals surface area (Å²) in [5.74, 6) is 1.20. The van der Waals surface area contributed by atoms with Gasteiger partial charge in [-0.05, 0) is 73.5 Å². The van der Waals surface area contributed by atoms with Crippen molar-refractivity contribution in [3.63, 3.8) is 0 Å². The molecule has 0 unspecified atom stereocenters. The summed E-state index contributed by atoms with van der Waals surface area (Å²) in [6.45, 7) is 3.63. The molecule has 0 aliphatic rings. The molecular formula is C18H24Cl2N8O. The molecule has 9 nitrogen and oxygen atoms in total. The molecule has 156 valence electrons. The van der Waals surface area contributed by atoms with Gasteiger partial charge in [-0.15, -0.1) is 35.0 Å². The van der Waals surface area contributed by atoms with Crippen LogP contribution in [0, 0.1) is 0 Å². The second-order valence-corrected chi connectivity index (χ2v) is 5.57. The molecule has 0 saturated carbocycles. The Kier molecular flexibility index (Phi) is 10.8. The van der Waals surface area contributed by atoms with Crippen molar-refractivity contribution in [2.75, 3.05) is 0 Å². The van der Waals surface area contributed by atoms with Gasteiger partial charge in [-0.2, -0.15) is 10.2 Å². The Morgan fingerprint density at radius 3 is 1.17 bits per heavy atom. The fourth-order valence-electron chi connectivity index (χ4n) is 2.05. The summed E-state index contributed by atoms with van der Waals surface area (Å²) in [7, 11) is 0. The van der Waals surface area contributed by atoms with Crippen LogP contribution in [-0.4, -0.2) is 23.3 Å². The molecule has 0 saturated heterocycles. The lowest BCUT2D eigenvalue weighted by Gasteiger charge is -2.07. The number of rotatable bonds is 6. The number of hydrogen-bond acceptors (Lipinski definition) is 5. The summed E-state index contributed by atoms with van der Waals surface area (Å²) in [6.07, 6.45) is 0. The molecule has 0 fully saturated rings. The van der Waals surface area contributed by atoms with Crippen LogP contribution in [0.2, 0.25) is 0 Å². The third kappa shape index (κ3) is 8.50. The molecule has 0 bridgehead atoms. The number of nitrogens with zero attached hydrogens (tertiary/aromatic N) is 4. The molecular weight excluding hydrogens is 415 g/mol. The van der Waals surface area contributed by atoms with Crippen LogP contribution in [0.3, 0.4) is 0 Å². The topological polar surface area (TPSA) is 163 Å². The highest BCUT2D eigenvalue weighted by Crippen LogP contribution is 2.22. The van der Waals surface area contributed by atoms with Crippen molar-refractivity contribution in [1.29, 1.82) is 0 Å². The average Bonchev–Trinajstić information content (AvgIpc) is 2.65. The number of nitrogens with two attached hydrogens (primary N) is 4. The summed E-state index contributed by atoms with van der Waals surface area (Å²) < 4.78 is 5.83. The lowest BCUT2D eigenvalue weighted by molar-refractivity contribution is 0.482. The molecule has 0 heterocycles. The molecule has 2 rings (SSSR count). The lowest BCUT2D eigenvalue weighted by atomic mass is 10.1. The largest absolute Gasteiger partial charge is 0.457 e. The molecule has 29 heavy (non-hydrogen) atoms. The maximum atomic E-state index is 5.83. The van der Waals surface area contributed by atoms with E-state index in [1.807, 2.05) is 62.4 Å². The molecule has 0 radical (unpaired) electrons. The highest BCUT2D eigenvalue weighted by Gasteiger charge is 2.02. The van der Waals surface area contributed by atoms with E-state index in [0.29, 0.717) is 22.9 Å². The first kappa shape index (κ1) is 25.7. The zero-order chi connectivity index (χ0) is 19.8. The van der Waals surface area contributed by atoms with Gasteiger partial charge in [0.1, 0.15) is 11.5 Å². The summed E-state index contributed by atoms with van der Waals surface area (Å²) in [6, 6.07) is 14.8. The Morgan fingerprint density at radius 1 is 0.586 bits per heavy atom. The van der Waals surface area contributed by atoms with Crippen LogP contribution in [-0.2, 0) is 0 Å². The van der Waals surface area contributed by atoms with Crippen molar-refractivity contribution in [1.82, 2.24) is 0 Å². The van der Waals surface area contributed by atoms with Crippen molar-refractivity contribution in [3.8, 4) is 11.5 Å². The highest BCUT2D eigenvalue weighted by atomic mass is 35.5. The van der Waals surface area contributed by atoms with Crippen LogP contribution < -0.4 is 27.7 Å². The zero-order valence-electron chi connectivity index (χ0n) is 15.9. The minimum atomic E-state index is -0.0867. The summed E-state index contributed by atoms with van der Waals surface area (Å²) >= 11 is 0. The fourth-order valence-corrected chi connectivity index (χ4v) is 2.05. The van der Waals surface area contributed by atoms with E-state index in [1.54, 1.807) is 0 Å². The summed E-state index contributed by atoms with van der Waals surface area (Å²) in [5.41, 5.74) is 24.2.